The Balaban J connectivity index is 3.25. The Kier molecular flexibility index (Phi) is 2.87. The number of halogens is 3. The van der Waals surface area contributed by atoms with Crippen molar-refractivity contribution in [1.82, 2.24) is 0 Å². The highest BCUT2D eigenvalue weighted by Gasteiger charge is 2.08. The molecule has 60 valence electrons. The van der Waals surface area contributed by atoms with Crippen LogP contribution in [0.2, 0.25) is 5.02 Å². The monoisotopic (exact) mass is 238 g/mol. The van der Waals surface area contributed by atoms with Gasteiger partial charge in [0.15, 0.2) is 5.82 Å². The first-order valence-corrected chi connectivity index (χ1v) is 4.07. The molecule has 0 bridgehead atoms. The molecular weight excluding hydrogens is 234 g/mol. The first kappa shape index (κ1) is 8.97. The average Bonchev–Trinajstić information content (AvgIpc) is 2.01. The molecule has 0 aliphatic carbocycles. The molecule has 0 saturated heterocycles. The molecule has 0 amide bonds. The highest BCUT2D eigenvalue weighted by atomic mass is 79.9. The minimum atomic E-state index is -0.529. The van der Waals surface area contributed by atoms with Gasteiger partial charge in [-0.1, -0.05) is 17.7 Å². The minimum absolute atomic E-state index is 0.0260. The SMILES string of the molecule is OCc1ccc(Br)c(F)c1Cl. The molecule has 0 fully saturated rings. The van der Waals surface area contributed by atoms with E-state index in [1.165, 1.54) is 6.07 Å². The molecule has 0 aliphatic heterocycles. The summed E-state index contributed by atoms with van der Waals surface area (Å²) in [5, 5.41) is 8.64. The van der Waals surface area contributed by atoms with Gasteiger partial charge in [-0.25, -0.2) is 4.39 Å². The van der Waals surface area contributed by atoms with Crippen LogP contribution in [-0.2, 0) is 6.61 Å². The fourth-order valence-corrected chi connectivity index (χ4v) is 1.36. The number of benzene rings is 1. The lowest BCUT2D eigenvalue weighted by molar-refractivity contribution is 0.281. The van der Waals surface area contributed by atoms with E-state index in [1.807, 2.05) is 0 Å². The van der Waals surface area contributed by atoms with Crippen molar-refractivity contribution in [3.05, 3.63) is 33.0 Å². The number of hydrogen-bond donors (Lipinski definition) is 1. The third-order valence-electron chi connectivity index (χ3n) is 1.29. The van der Waals surface area contributed by atoms with Gasteiger partial charge in [-0.2, -0.15) is 0 Å². The van der Waals surface area contributed by atoms with Crippen LogP contribution < -0.4 is 0 Å². The van der Waals surface area contributed by atoms with Gasteiger partial charge in [-0.15, -0.1) is 0 Å². The van der Waals surface area contributed by atoms with Crippen LogP contribution in [0.3, 0.4) is 0 Å². The van der Waals surface area contributed by atoms with Crippen LogP contribution in [0.1, 0.15) is 5.56 Å². The molecule has 0 atom stereocenters. The second-order valence-electron chi connectivity index (χ2n) is 1.99. The molecule has 0 aliphatic rings. The first-order valence-electron chi connectivity index (χ1n) is 2.90. The zero-order valence-electron chi connectivity index (χ0n) is 5.44. The first-order chi connectivity index (χ1) is 5.16. The van der Waals surface area contributed by atoms with Crippen LogP contribution >= 0.6 is 27.5 Å². The Morgan fingerprint density at radius 2 is 2.18 bits per heavy atom. The Morgan fingerprint density at radius 3 is 2.73 bits per heavy atom. The van der Waals surface area contributed by atoms with E-state index >= 15 is 0 Å². The molecule has 1 rings (SSSR count). The van der Waals surface area contributed by atoms with Crippen molar-refractivity contribution < 1.29 is 9.50 Å². The number of aliphatic hydroxyl groups excluding tert-OH is 1. The average molecular weight is 239 g/mol. The molecular formula is C7H5BrClFO. The van der Waals surface area contributed by atoms with Crippen LogP contribution in [0.5, 0.6) is 0 Å². The van der Waals surface area contributed by atoms with Crippen molar-refractivity contribution in [2.24, 2.45) is 0 Å². The summed E-state index contributed by atoms with van der Waals surface area (Å²) in [5.41, 5.74) is 0.396. The van der Waals surface area contributed by atoms with Crippen molar-refractivity contribution in [1.29, 1.82) is 0 Å². The van der Waals surface area contributed by atoms with Gasteiger partial charge in [0.2, 0.25) is 0 Å². The van der Waals surface area contributed by atoms with Gasteiger partial charge in [0.25, 0.3) is 0 Å². The predicted molar refractivity (Wildman–Crippen MR) is 45.0 cm³/mol. The molecule has 0 aromatic heterocycles. The van der Waals surface area contributed by atoms with Crippen molar-refractivity contribution in [3.63, 3.8) is 0 Å². The van der Waals surface area contributed by atoms with Crippen LogP contribution in [-0.4, -0.2) is 5.11 Å². The second kappa shape index (κ2) is 3.52. The maximum absolute atomic E-state index is 12.9. The molecule has 1 N–H and O–H groups in total. The third kappa shape index (κ3) is 1.72. The molecule has 0 unspecified atom stereocenters. The normalized spacial score (nSPS) is 10.2. The maximum Gasteiger partial charge on any atom is 0.156 e. The Morgan fingerprint density at radius 1 is 1.55 bits per heavy atom. The van der Waals surface area contributed by atoms with Gasteiger partial charge in [0, 0.05) is 0 Å². The zero-order valence-corrected chi connectivity index (χ0v) is 7.78. The number of aliphatic hydroxyl groups is 1. The van der Waals surface area contributed by atoms with Crippen LogP contribution in [0.4, 0.5) is 4.39 Å². The van der Waals surface area contributed by atoms with Gasteiger partial charge in [-0.3, -0.25) is 0 Å². The van der Waals surface area contributed by atoms with E-state index in [-0.39, 0.29) is 11.6 Å². The lowest BCUT2D eigenvalue weighted by Crippen LogP contribution is -1.88. The fraction of sp³-hybridized carbons (Fsp3) is 0.143. The Bertz CT molecular complexity index is 277. The Labute approximate surface area is 76.9 Å². The highest BCUT2D eigenvalue weighted by Crippen LogP contribution is 2.26. The Hall–Kier alpha value is -0.120. The molecule has 1 nitrogen and oxygen atoms in total. The van der Waals surface area contributed by atoms with Crippen molar-refractivity contribution >= 4 is 27.5 Å². The van der Waals surface area contributed by atoms with Gasteiger partial charge < -0.3 is 5.11 Å². The van der Waals surface area contributed by atoms with Crippen LogP contribution in [0.15, 0.2) is 16.6 Å². The van der Waals surface area contributed by atoms with E-state index in [9.17, 15) is 4.39 Å². The smallest absolute Gasteiger partial charge is 0.156 e. The van der Waals surface area contributed by atoms with E-state index in [0.29, 0.717) is 10.0 Å². The largest absolute Gasteiger partial charge is 0.392 e. The van der Waals surface area contributed by atoms with Crippen molar-refractivity contribution in [3.8, 4) is 0 Å². The summed E-state index contributed by atoms with van der Waals surface area (Å²) < 4.78 is 13.2. The molecule has 4 heteroatoms. The molecule has 11 heavy (non-hydrogen) atoms. The summed E-state index contributed by atoms with van der Waals surface area (Å²) in [6.07, 6.45) is 0. The van der Waals surface area contributed by atoms with Gasteiger partial charge in [-0.05, 0) is 27.6 Å². The summed E-state index contributed by atoms with van der Waals surface area (Å²) in [6.45, 7) is -0.247. The maximum atomic E-state index is 12.9. The molecule has 0 spiro atoms. The molecule has 0 heterocycles. The van der Waals surface area contributed by atoms with Gasteiger partial charge in [0.1, 0.15) is 0 Å². The zero-order chi connectivity index (χ0) is 8.43. The topological polar surface area (TPSA) is 20.2 Å². The predicted octanol–water partition coefficient (Wildman–Crippen LogP) is 2.73. The van der Waals surface area contributed by atoms with Crippen molar-refractivity contribution in [2.75, 3.05) is 0 Å². The molecule has 0 saturated carbocycles. The minimum Gasteiger partial charge on any atom is -0.392 e. The summed E-state index contributed by atoms with van der Waals surface area (Å²) in [7, 11) is 0. The highest BCUT2D eigenvalue weighted by molar-refractivity contribution is 9.10. The summed E-state index contributed by atoms with van der Waals surface area (Å²) in [6, 6.07) is 3.07. The quantitative estimate of drug-likeness (QED) is 0.747. The van der Waals surface area contributed by atoms with Crippen molar-refractivity contribution in [2.45, 2.75) is 6.61 Å². The molecule has 1 aromatic carbocycles. The van der Waals surface area contributed by atoms with Gasteiger partial charge >= 0.3 is 0 Å². The molecule has 0 radical (unpaired) electrons. The number of hydrogen-bond acceptors (Lipinski definition) is 1. The second-order valence-corrected chi connectivity index (χ2v) is 3.22. The lowest BCUT2D eigenvalue weighted by Gasteiger charge is -2.01. The number of rotatable bonds is 1. The van der Waals surface area contributed by atoms with E-state index in [1.54, 1.807) is 6.07 Å². The van der Waals surface area contributed by atoms with Crippen LogP contribution in [0, 0.1) is 5.82 Å². The molecule has 1 aromatic rings. The van der Waals surface area contributed by atoms with E-state index in [4.69, 9.17) is 16.7 Å². The van der Waals surface area contributed by atoms with E-state index in [0.717, 1.165) is 0 Å². The van der Waals surface area contributed by atoms with Gasteiger partial charge in [0.05, 0.1) is 16.1 Å². The van der Waals surface area contributed by atoms with E-state index < -0.39 is 5.82 Å². The van der Waals surface area contributed by atoms with E-state index in [2.05, 4.69) is 15.9 Å². The summed E-state index contributed by atoms with van der Waals surface area (Å²) in [5.74, 6) is -0.529. The summed E-state index contributed by atoms with van der Waals surface area (Å²) >= 11 is 8.50. The summed E-state index contributed by atoms with van der Waals surface area (Å²) in [4.78, 5) is 0. The fourth-order valence-electron chi connectivity index (χ4n) is 0.688. The van der Waals surface area contributed by atoms with Crippen LogP contribution in [0.25, 0.3) is 0 Å². The third-order valence-corrected chi connectivity index (χ3v) is 2.31. The lowest BCUT2D eigenvalue weighted by atomic mass is 10.2. The standard InChI is InChI=1S/C7H5BrClFO/c8-5-2-1-4(3-11)6(9)7(5)10/h1-2,11H,3H2.